The number of aliphatic imine (C=N–C) groups is 2. The van der Waals surface area contributed by atoms with Crippen molar-refractivity contribution in [3.05, 3.63) is 65.7 Å². The zero-order valence-electron chi connectivity index (χ0n) is 17.6. The second-order valence-electron chi connectivity index (χ2n) is 8.54. The van der Waals surface area contributed by atoms with Gasteiger partial charge in [-0.3, -0.25) is 29.6 Å². The fraction of sp³-hybridized carbons (Fsp3) is 0.292. The number of nitrogens with one attached hydrogen (secondary N) is 1. The van der Waals surface area contributed by atoms with E-state index in [1.54, 1.807) is 18.2 Å². The number of benzene rings is 2. The van der Waals surface area contributed by atoms with Crippen LogP contribution in [-0.2, 0) is 20.9 Å². The van der Waals surface area contributed by atoms with Crippen LogP contribution < -0.4 is 5.32 Å². The molecule has 5 rings (SSSR count). The fourth-order valence-electron chi connectivity index (χ4n) is 5.17. The number of likely N-dealkylation sites (tertiary alicyclic amines) is 1. The Morgan fingerprint density at radius 2 is 1.82 bits per heavy atom. The summed E-state index contributed by atoms with van der Waals surface area (Å²) in [4.78, 5) is 49.3. The first kappa shape index (κ1) is 21.0. The molecule has 0 bridgehead atoms. The Hall–Kier alpha value is -3.85. The number of nitrogens with zero attached hydrogens (tertiary/aromatic N) is 3. The molecule has 9 nitrogen and oxygen atoms in total. The monoisotopic (exact) mass is 446 g/mol. The van der Waals surface area contributed by atoms with Crippen LogP contribution in [-0.4, -0.2) is 57.0 Å². The Kier molecular flexibility index (Phi) is 5.05. The number of aliphatic carboxylic acids is 1. The van der Waals surface area contributed by atoms with Gasteiger partial charge in [-0.15, -0.1) is 0 Å². The molecule has 2 amide bonds. The Bertz CT molecular complexity index is 1190. The molecule has 33 heavy (non-hydrogen) atoms. The summed E-state index contributed by atoms with van der Waals surface area (Å²) >= 11 is 0. The molecule has 3 aliphatic rings. The number of carboxylic acids is 1. The number of amides is 2. The van der Waals surface area contributed by atoms with Crippen molar-refractivity contribution < 1.29 is 24.6 Å². The van der Waals surface area contributed by atoms with Crippen LogP contribution in [0.4, 0.5) is 0 Å². The molecule has 0 saturated carbocycles. The lowest BCUT2D eigenvalue weighted by Crippen LogP contribution is -2.57. The summed E-state index contributed by atoms with van der Waals surface area (Å²) < 4.78 is 0. The van der Waals surface area contributed by atoms with Gasteiger partial charge in [-0.2, -0.15) is 0 Å². The van der Waals surface area contributed by atoms with Crippen molar-refractivity contribution in [1.82, 2.24) is 10.2 Å². The molecule has 168 valence electrons. The maximum atomic E-state index is 13.6. The van der Waals surface area contributed by atoms with Crippen molar-refractivity contribution in [2.75, 3.05) is 6.54 Å². The molecule has 0 aliphatic carbocycles. The Labute approximate surface area is 189 Å². The largest absolute Gasteiger partial charge is 0.508 e. The van der Waals surface area contributed by atoms with Gasteiger partial charge in [0.2, 0.25) is 11.8 Å². The third-order valence-corrected chi connectivity index (χ3v) is 6.66. The zero-order chi connectivity index (χ0) is 23.2. The maximum Gasteiger partial charge on any atom is 0.325 e. The number of phenols is 1. The number of fused-ring (bicyclic) bond motifs is 1. The second-order valence-corrected chi connectivity index (χ2v) is 8.54. The number of hydrogen-bond acceptors (Lipinski definition) is 7. The van der Waals surface area contributed by atoms with E-state index < -0.39 is 41.2 Å². The van der Waals surface area contributed by atoms with Crippen LogP contribution in [0.2, 0.25) is 0 Å². The molecule has 9 heteroatoms. The Balaban J connectivity index is 1.60. The van der Waals surface area contributed by atoms with E-state index in [4.69, 9.17) is 0 Å². The molecule has 2 fully saturated rings. The van der Waals surface area contributed by atoms with Gasteiger partial charge in [0.25, 0.3) is 0 Å². The topological polar surface area (TPSA) is 132 Å². The van der Waals surface area contributed by atoms with E-state index in [2.05, 4.69) is 15.3 Å². The lowest BCUT2D eigenvalue weighted by molar-refractivity contribution is -0.151. The van der Waals surface area contributed by atoms with Gasteiger partial charge in [-0.1, -0.05) is 48.5 Å². The minimum Gasteiger partial charge on any atom is -0.508 e. The quantitative estimate of drug-likeness (QED) is 0.577. The van der Waals surface area contributed by atoms with E-state index in [1.807, 2.05) is 30.3 Å². The second kappa shape index (κ2) is 7.93. The predicted octanol–water partition coefficient (Wildman–Crippen LogP) is 1.53. The van der Waals surface area contributed by atoms with Crippen LogP contribution in [0.3, 0.4) is 0 Å². The first-order valence-corrected chi connectivity index (χ1v) is 10.6. The third kappa shape index (κ3) is 3.32. The van der Waals surface area contributed by atoms with Crippen LogP contribution in [0, 0.1) is 11.8 Å². The highest BCUT2D eigenvalue weighted by atomic mass is 16.4. The zero-order valence-corrected chi connectivity index (χ0v) is 17.6. The molecule has 0 unspecified atom stereocenters. The number of rotatable bonds is 6. The summed E-state index contributed by atoms with van der Waals surface area (Å²) in [6.07, 6.45) is 1.28. The van der Waals surface area contributed by atoms with Gasteiger partial charge in [0.15, 0.2) is 0 Å². The summed E-state index contributed by atoms with van der Waals surface area (Å²) in [6.45, 7) is 0.296. The smallest absolute Gasteiger partial charge is 0.325 e. The molecule has 0 spiro atoms. The van der Waals surface area contributed by atoms with Gasteiger partial charge in [0.1, 0.15) is 17.6 Å². The number of phenolic OH excluding ortho intramolecular Hbond substituents is 1. The lowest BCUT2D eigenvalue weighted by Gasteiger charge is -2.31. The van der Waals surface area contributed by atoms with Crippen LogP contribution in [0.5, 0.6) is 5.75 Å². The van der Waals surface area contributed by atoms with Gasteiger partial charge in [-0.25, -0.2) is 4.99 Å². The summed E-state index contributed by atoms with van der Waals surface area (Å²) in [5, 5.41) is 23.9. The molecular weight excluding hydrogens is 424 g/mol. The average Bonchev–Trinajstić information content (AvgIpc) is 3.49. The van der Waals surface area contributed by atoms with Gasteiger partial charge in [-0.05, 0) is 11.6 Å². The van der Waals surface area contributed by atoms with Crippen LogP contribution in [0.25, 0.3) is 0 Å². The van der Waals surface area contributed by atoms with Crippen molar-refractivity contribution in [3.8, 4) is 5.75 Å². The number of imide groups is 1. The highest BCUT2D eigenvalue weighted by Crippen LogP contribution is 2.51. The molecule has 3 heterocycles. The van der Waals surface area contributed by atoms with Gasteiger partial charge in [0, 0.05) is 23.7 Å². The number of para-hydroxylation sites is 1. The molecule has 0 aromatic heterocycles. The van der Waals surface area contributed by atoms with Crippen molar-refractivity contribution in [1.29, 1.82) is 0 Å². The highest BCUT2D eigenvalue weighted by Gasteiger charge is 2.68. The molecular formula is C24H22N4O5. The highest BCUT2D eigenvalue weighted by molar-refractivity contribution is 6.11. The lowest BCUT2D eigenvalue weighted by atomic mass is 9.76. The molecule has 2 aromatic carbocycles. The summed E-state index contributed by atoms with van der Waals surface area (Å²) in [7, 11) is 0. The van der Waals surface area contributed by atoms with Crippen molar-refractivity contribution in [2.45, 2.75) is 24.5 Å². The van der Waals surface area contributed by atoms with Gasteiger partial charge >= 0.3 is 5.97 Å². The van der Waals surface area contributed by atoms with Gasteiger partial charge < -0.3 is 10.2 Å². The van der Waals surface area contributed by atoms with Crippen LogP contribution >= 0.6 is 0 Å². The van der Waals surface area contributed by atoms with E-state index >= 15 is 0 Å². The standard InChI is InChI=1S/C24H22N4O5/c29-17-9-5-4-8-16(17)20-18-19(24(27-20,23(32)33)10-15-11-25-13-26-15)22(31)28(21(18)30)12-14-6-2-1-3-7-14/h1-9,13,18-20,27,29H,10-12H2,(H,32,33)/t18-,19+,20-,24-/m1/s1. The predicted molar refractivity (Wildman–Crippen MR) is 119 cm³/mol. The normalized spacial score (nSPS) is 28.3. The van der Waals surface area contributed by atoms with E-state index in [1.165, 1.54) is 12.4 Å². The number of carboxylic acid groups (broad SMARTS) is 1. The fourth-order valence-corrected chi connectivity index (χ4v) is 5.17. The Morgan fingerprint density at radius 1 is 1.09 bits per heavy atom. The van der Waals surface area contributed by atoms with Gasteiger partial charge in [0.05, 0.1) is 24.9 Å². The van der Waals surface area contributed by atoms with Crippen molar-refractivity contribution in [2.24, 2.45) is 21.8 Å². The van der Waals surface area contributed by atoms with Crippen molar-refractivity contribution in [3.63, 3.8) is 0 Å². The molecule has 3 aliphatic heterocycles. The van der Waals surface area contributed by atoms with Crippen LogP contribution in [0.1, 0.15) is 23.6 Å². The number of carbonyl (C=O) groups is 3. The molecule has 2 saturated heterocycles. The molecule has 3 N–H and O–H groups in total. The molecule has 0 radical (unpaired) electrons. The molecule has 2 aromatic rings. The third-order valence-electron chi connectivity index (χ3n) is 6.66. The SMILES string of the molecule is O=C1[C@H]2[C@@H](c3ccccc3O)N[C@@](CC3=NC=NC3)(C(=O)O)[C@@H]2C(=O)N1Cc1ccccc1. The van der Waals surface area contributed by atoms with E-state index in [-0.39, 0.29) is 25.3 Å². The maximum absolute atomic E-state index is 13.6. The minimum absolute atomic E-state index is 0.0543. The van der Waals surface area contributed by atoms with Crippen molar-refractivity contribution >= 4 is 29.8 Å². The van der Waals surface area contributed by atoms with E-state index in [0.717, 1.165) is 10.5 Å². The molecule has 4 atom stereocenters. The number of aromatic hydroxyl groups is 1. The minimum atomic E-state index is -1.76. The van der Waals surface area contributed by atoms with Crippen LogP contribution in [0.15, 0.2) is 64.6 Å². The van der Waals surface area contributed by atoms with E-state index in [9.17, 15) is 24.6 Å². The first-order valence-electron chi connectivity index (χ1n) is 10.6. The van der Waals surface area contributed by atoms with E-state index in [0.29, 0.717) is 11.3 Å². The summed E-state index contributed by atoms with van der Waals surface area (Å²) in [6, 6.07) is 14.7. The Morgan fingerprint density at radius 3 is 2.48 bits per heavy atom. The number of carbonyl (C=O) groups excluding carboxylic acids is 2. The summed E-state index contributed by atoms with van der Waals surface area (Å²) in [5.74, 6) is -4.44. The number of hydrogen-bond donors (Lipinski definition) is 3. The first-order chi connectivity index (χ1) is 15.9. The average molecular weight is 446 g/mol. The summed E-state index contributed by atoms with van der Waals surface area (Å²) in [5.41, 5.74) is -0.102.